The Labute approximate surface area is 128 Å². The molecule has 0 fully saturated rings. The van der Waals surface area contributed by atoms with E-state index in [0.29, 0.717) is 10.7 Å². The summed E-state index contributed by atoms with van der Waals surface area (Å²) in [6, 6.07) is 3.10. The van der Waals surface area contributed by atoms with Gasteiger partial charge in [0.05, 0.1) is 38.5 Å². The molecule has 102 valence electrons. The van der Waals surface area contributed by atoms with Crippen LogP contribution >= 0.6 is 34.5 Å². The number of nitrogens with zero attached hydrogens (tertiary/aromatic N) is 2. The minimum Gasteiger partial charge on any atom is -0.297 e. The highest BCUT2D eigenvalue weighted by Crippen LogP contribution is 2.40. The van der Waals surface area contributed by atoms with Crippen molar-refractivity contribution in [1.29, 1.82) is 0 Å². The Kier molecular flexibility index (Phi) is 3.28. The van der Waals surface area contributed by atoms with Crippen molar-refractivity contribution in [2.24, 2.45) is 0 Å². The molecule has 0 spiro atoms. The molecule has 0 N–H and O–H groups in total. The summed E-state index contributed by atoms with van der Waals surface area (Å²) < 4.78 is 0. The molecule has 0 saturated carbocycles. The lowest BCUT2D eigenvalue weighted by molar-refractivity contribution is -0.114. The highest BCUT2D eigenvalue weighted by atomic mass is 35.5. The van der Waals surface area contributed by atoms with Gasteiger partial charge in [-0.15, -0.1) is 11.3 Å². The third-order valence-electron chi connectivity index (χ3n) is 3.00. The first-order chi connectivity index (χ1) is 9.49. The Morgan fingerprint density at radius 3 is 2.60 bits per heavy atom. The monoisotopic (exact) mass is 326 g/mol. The van der Waals surface area contributed by atoms with Crippen LogP contribution in [0.3, 0.4) is 0 Å². The van der Waals surface area contributed by atoms with Crippen LogP contribution in [0.5, 0.6) is 0 Å². The average Bonchev–Trinajstić information content (AvgIpc) is 2.92. The fraction of sp³-hybridized carbons (Fsp3) is 0.154. The highest BCUT2D eigenvalue weighted by Gasteiger charge is 2.39. The van der Waals surface area contributed by atoms with E-state index in [4.69, 9.17) is 23.2 Å². The molecule has 0 bridgehead atoms. The maximum absolute atomic E-state index is 12.1. The Balaban J connectivity index is 2.08. The van der Waals surface area contributed by atoms with E-state index in [2.05, 4.69) is 4.98 Å². The number of hydrogen-bond acceptors (Lipinski definition) is 4. The summed E-state index contributed by atoms with van der Waals surface area (Å²) in [5.41, 5.74) is 1.27. The zero-order valence-electron chi connectivity index (χ0n) is 10.3. The SMILES string of the molecule is Cc1nc(CN2C(=O)C(=O)c3c(Cl)ccc(Cl)c32)cs1. The topological polar surface area (TPSA) is 50.3 Å². The molecule has 1 aliphatic heterocycles. The van der Waals surface area contributed by atoms with Crippen LogP contribution < -0.4 is 4.90 Å². The Hall–Kier alpha value is -1.43. The van der Waals surface area contributed by atoms with Gasteiger partial charge >= 0.3 is 0 Å². The number of aromatic nitrogens is 1. The number of Topliss-reactive ketones (excluding diaryl/α,β-unsaturated/α-hetero) is 1. The number of anilines is 1. The maximum Gasteiger partial charge on any atom is 0.299 e. The van der Waals surface area contributed by atoms with Crippen LogP contribution in [0.1, 0.15) is 21.1 Å². The zero-order chi connectivity index (χ0) is 14.4. The summed E-state index contributed by atoms with van der Waals surface area (Å²) in [6.07, 6.45) is 0. The number of halogens is 2. The summed E-state index contributed by atoms with van der Waals surface area (Å²) >= 11 is 13.6. The summed E-state index contributed by atoms with van der Waals surface area (Å²) in [5.74, 6) is -1.25. The number of hydrogen-bond donors (Lipinski definition) is 0. The molecule has 7 heteroatoms. The molecule has 2 heterocycles. The number of carbonyl (C=O) groups is 2. The van der Waals surface area contributed by atoms with Crippen molar-refractivity contribution >= 4 is 51.9 Å². The molecule has 1 amide bonds. The van der Waals surface area contributed by atoms with Gasteiger partial charge in [-0.3, -0.25) is 14.5 Å². The van der Waals surface area contributed by atoms with Gasteiger partial charge in [0.15, 0.2) is 0 Å². The molecule has 0 unspecified atom stereocenters. The van der Waals surface area contributed by atoms with Crippen LogP contribution in [0.15, 0.2) is 17.5 Å². The lowest BCUT2D eigenvalue weighted by atomic mass is 10.1. The Morgan fingerprint density at radius 1 is 1.25 bits per heavy atom. The molecular weight excluding hydrogens is 319 g/mol. The average molecular weight is 327 g/mol. The molecule has 0 aliphatic carbocycles. The first-order valence-electron chi connectivity index (χ1n) is 5.74. The highest BCUT2D eigenvalue weighted by molar-refractivity contribution is 7.09. The van der Waals surface area contributed by atoms with Gasteiger partial charge in [-0.1, -0.05) is 23.2 Å². The zero-order valence-corrected chi connectivity index (χ0v) is 12.6. The minimum atomic E-state index is -0.626. The second-order valence-electron chi connectivity index (χ2n) is 4.33. The summed E-state index contributed by atoms with van der Waals surface area (Å²) in [5, 5.41) is 3.31. The second-order valence-corrected chi connectivity index (χ2v) is 6.21. The molecule has 1 aromatic carbocycles. The van der Waals surface area contributed by atoms with E-state index < -0.39 is 11.7 Å². The molecule has 0 atom stereocenters. The minimum absolute atomic E-state index is 0.177. The molecule has 1 aliphatic rings. The van der Waals surface area contributed by atoms with Crippen molar-refractivity contribution in [3.8, 4) is 0 Å². The van der Waals surface area contributed by atoms with Gasteiger partial charge in [-0.05, 0) is 19.1 Å². The van der Waals surface area contributed by atoms with Gasteiger partial charge in [0, 0.05) is 5.38 Å². The fourth-order valence-electron chi connectivity index (χ4n) is 2.15. The normalized spacial score (nSPS) is 14.1. The summed E-state index contributed by atoms with van der Waals surface area (Å²) in [4.78, 5) is 29.8. The summed E-state index contributed by atoms with van der Waals surface area (Å²) in [6.45, 7) is 2.09. The fourth-order valence-corrected chi connectivity index (χ4v) is 3.25. The first kappa shape index (κ1) is 13.5. The van der Waals surface area contributed by atoms with Crippen molar-refractivity contribution in [3.63, 3.8) is 0 Å². The number of ketones is 1. The van der Waals surface area contributed by atoms with Crippen molar-refractivity contribution in [1.82, 2.24) is 4.98 Å². The van der Waals surface area contributed by atoms with Gasteiger partial charge in [0.1, 0.15) is 0 Å². The predicted molar refractivity (Wildman–Crippen MR) is 78.8 cm³/mol. The van der Waals surface area contributed by atoms with E-state index in [-0.39, 0.29) is 17.1 Å². The summed E-state index contributed by atoms with van der Waals surface area (Å²) in [7, 11) is 0. The van der Waals surface area contributed by atoms with Crippen LogP contribution in [0.25, 0.3) is 0 Å². The smallest absolute Gasteiger partial charge is 0.297 e. The lowest BCUT2D eigenvalue weighted by Crippen LogP contribution is -2.29. The van der Waals surface area contributed by atoms with Crippen molar-refractivity contribution in [2.45, 2.75) is 13.5 Å². The quantitative estimate of drug-likeness (QED) is 0.794. The maximum atomic E-state index is 12.1. The number of thiazole rings is 1. The number of aryl methyl sites for hydroxylation is 1. The molecule has 20 heavy (non-hydrogen) atoms. The van der Waals surface area contributed by atoms with E-state index in [1.54, 1.807) is 6.07 Å². The molecule has 3 rings (SSSR count). The van der Waals surface area contributed by atoms with E-state index in [9.17, 15) is 9.59 Å². The molecule has 4 nitrogen and oxygen atoms in total. The third-order valence-corrected chi connectivity index (χ3v) is 4.44. The second kappa shape index (κ2) is 4.84. The van der Waals surface area contributed by atoms with E-state index in [1.165, 1.54) is 22.3 Å². The number of fused-ring (bicyclic) bond motifs is 1. The number of amides is 1. The van der Waals surface area contributed by atoms with Gasteiger partial charge in [0.25, 0.3) is 11.7 Å². The van der Waals surface area contributed by atoms with Crippen LogP contribution in [0, 0.1) is 6.92 Å². The van der Waals surface area contributed by atoms with Gasteiger partial charge in [0.2, 0.25) is 0 Å². The Bertz CT molecular complexity index is 742. The number of benzene rings is 1. The molecule has 0 saturated heterocycles. The molecule has 1 aromatic heterocycles. The lowest BCUT2D eigenvalue weighted by Gasteiger charge is -2.16. The largest absolute Gasteiger partial charge is 0.299 e. The van der Waals surface area contributed by atoms with Crippen LogP contribution in [-0.4, -0.2) is 16.7 Å². The van der Waals surface area contributed by atoms with Crippen LogP contribution in [0.2, 0.25) is 10.0 Å². The van der Waals surface area contributed by atoms with Crippen molar-refractivity contribution in [3.05, 3.63) is 43.8 Å². The van der Waals surface area contributed by atoms with Gasteiger partial charge < -0.3 is 0 Å². The third kappa shape index (κ3) is 2.02. The van der Waals surface area contributed by atoms with E-state index in [1.807, 2.05) is 12.3 Å². The number of carbonyl (C=O) groups excluding carboxylic acids is 2. The number of rotatable bonds is 2. The first-order valence-corrected chi connectivity index (χ1v) is 7.38. The van der Waals surface area contributed by atoms with Crippen LogP contribution in [-0.2, 0) is 11.3 Å². The molecule has 2 aromatic rings. The Morgan fingerprint density at radius 2 is 1.95 bits per heavy atom. The predicted octanol–water partition coefficient (Wildman–Crippen LogP) is 3.49. The van der Waals surface area contributed by atoms with Crippen LogP contribution in [0.4, 0.5) is 5.69 Å². The molecular formula is C13H8Cl2N2O2S. The van der Waals surface area contributed by atoms with Gasteiger partial charge in [-0.2, -0.15) is 0 Å². The van der Waals surface area contributed by atoms with E-state index in [0.717, 1.165) is 10.7 Å². The standard InChI is InChI=1S/C13H8Cl2N2O2S/c1-6-16-7(5-20-6)4-17-11-9(15)3-2-8(14)10(11)12(18)13(17)19/h2-3,5H,4H2,1H3. The van der Waals surface area contributed by atoms with Crippen molar-refractivity contribution < 1.29 is 9.59 Å². The van der Waals surface area contributed by atoms with Gasteiger partial charge in [-0.25, -0.2) is 4.98 Å². The molecule has 0 radical (unpaired) electrons. The van der Waals surface area contributed by atoms with E-state index >= 15 is 0 Å². The van der Waals surface area contributed by atoms with Crippen molar-refractivity contribution in [2.75, 3.05) is 4.90 Å².